The lowest BCUT2D eigenvalue weighted by molar-refractivity contribution is 0.317. The van der Waals surface area contributed by atoms with Gasteiger partial charge in [-0.2, -0.15) is 0 Å². The summed E-state index contributed by atoms with van der Waals surface area (Å²) in [7, 11) is 0. The smallest absolute Gasteiger partial charge is 0.162 e. The molecule has 1 aromatic heterocycles. The lowest BCUT2D eigenvalue weighted by Gasteiger charge is -2.23. The fourth-order valence-electron chi connectivity index (χ4n) is 4.12. The number of aromatic nitrogens is 2. The van der Waals surface area contributed by atoms with Gasteiger partial charge in [0.2, 0.25) is 0 Å². The highest BCUT2D eigenvalue weighted by Gasteiger charge is 2.20. The summed E-state index contributed by atoms with van der Waals surface area (Å²) in [5.74, 6) is 3.37. The highest BCUT2D eigenvalue weighted by Crippen LogP contribution is 2.30. The Bertz CT molecular complexity index is 978. The Hall–Kier alpha value is -3.20. The minimum absolute atomic E-state index is 0.506. The van der Waals surface area contributed by atoms with Gasteiger partial charge < -0.3 is 5.32 Å². The summed E-state index contributed by atoms with van der Waals surface area (Å²) in [5.41, 5.74) is 4.11. The van der Waals surface area contributed by atoms with Gasteiger partial charge >= 0.3 is 0 Å². The Morgan fingerprint density at radius 2 is 1.57 bits per heavy atom. The Balaban J connectivity index is 1.71. The van der Waals surface area contributed by atoms with Crippen LogP contribution in [0.2, 0.25) is 0 Å². The number of nitrogens with zero attached hydrogens (tertiary/aromatic N) is 2. The summed E-state index contributed by atoms with van der Waals surface area (Å²) in [6, 6.07) is 22.5. The fraction of sp³-hybridized carbons (Fsp3) is 0.259. The van der Waals surface area contributed by atoms with Crippen LogP contribution in [0, 0.1) is 17.8 Å². The van der Waals surface area contributed by atoms with Crippen molar-refractivity contribution in [3.8, 4) is 22.6 Å². The highest BCUT2D eigenvalue weighted by atomic mass is 15.0. The van der Waals surface area contributed by atoms with E-state index in [-0.39, 0.29) is 0 Å². The molecule has 2 aromatic carbocycles. The van der Waals surface area contributed by atoms with E-state index in [0.29, 0.717) is 17.8 Å². The first kappa shape index (κ1) is 20.1. The standard InChI is InChI=1S/C27H29N3/c1-19(2)24-16-10-15-23(17-20(24)3)28-26-18-25(21-11-6-4-7-12-21)29-27(30-26)22-13-8-5-9-14-22/h4-15,17-20,24H,16H2,1-3H3,(H,28,29,30)/t20?,24-/m1/s1. The van der Waals surface area contributed by atoms with Crippen molar-refractivity contribution in [2.24, 2.45) is 17.8 Å². The Labute approximate surface area is 179 Å². The van der Waals surface area contributed by atoms with Gasteiger partial charge in [0.25, 0.3) is 0 Å². The maximum Gasteiger partial charge on any atom is 0.162 e. The molecule has 1 unspecified atom stereocenters. The molecule has 1 aliphatic carbocycles. The van der Waals surface area contributed by atoms with Gasteiger partial charge in [-0.1, -0.05) is 93.6 Å². The van der Waals surface area contributed by atoms with Gasteiger partial charge in [-0.05, 0) is 30.3 Å². The van der Waals surface area contributed by atoms with Crippen molar-refractivity contribution >= 4 is 5.82 Å². The van der Waals surface area contributed by atoms with Crippen LogP contribution < -0.4 is 5.32 Å². The maximum absolute atomic E-state index is 4.85. The van der Waals surface area contributed by atoms with Crippen LogP contribution in [0.4, 0.5) is 5.82 Å². The molecule has 3 nitrogen and oxygen atoms in total. The van der Waals surface area contributed by atoms with Crippen LogP contribution >= 0.6 is 0 Å². The van der Waals surface area contributed by atoms with Crippen molar-refractivity contribution in [2.45, 2.75) is 27.2 Å². The third kappa shape index (κ3) is 4.68. The predicted molar refractivity (Wildman–Crippen MR) is 126 cm³/mol. The molecular weight excluding hydrogens is 366 g/mol. The molecule has 0 aliphatic heterocycles. The number of benzene rings is 2. The first-order valence-corrected chi connectivity index (χ1v) is 10.8. The molecule has 0 amide bonds. The summed E-state index contributed by atoms with van der Waals surface area (Å²) in [6.45, 7) is 6.93. The Morgan fingerprint density at radius 1 is 0.900 bits per heavy atom. The number of rotatable bonds is 5. The minimum atomic E-state index is 0.506. The Kier molecular flexibility index (Phi) is 6.08. The molecule has 2 atom stereocenters. The van der Waals surface area contributed by atoms with E-state index >= 15 is 0 Å². The molecule has 152 valence electrons. The fourth-order valence-corrected chi connectivity index (χ4v) is 4.12. The molecule has 1 aliphatic rings. The first-order chi connectivity index (χ1) is 14.6. The highest BCUT2D eigenvalue weighted by molar-refractivity contribution is 5.68. The molecular formula is C27H29N3. The van der Waals surface area contributed by atoms with E-state index in [1.165, 1.54) is 0 Å². The Morgan fingerprint density at radius 3 is 2.23 bits per heavy atom. The van der Waals surface area contributed by atoms with E-state index in [9.17, 15) is 0 Å². The summed E-state index contributed by atoms with van der Waals surface area (Å²) in [6.07, 6.45) is 7.91. The van der Waals surface area contributed by atoms with E-state index in [0.717, 1.165) is 40.6 Å². The molecule has 0 saturated carbocycles. The van der Waals surface area contributed by atoms with Crippen LogP contribution in [-0.4, -0.2) is 9.97 Å². The van der Waals surface area contributed by atoms with Gasteiger partial charge in [-0.15, -0.1) is 0 Å². The number of anilines is 1. The van der Waals surface area contributed by atoms with Crippen molar-refractivity contribution in [3.63, 3.8) is 0 Å². The lowest BCUT2D eigenvalue weighted by atomic mass is 9.82. The summed E-state index contributed by atoms with van der Waals surface area (Å²) < 4.78 is 0. The van der Waals surface area contributed by atoms with E-state index in [1.807, 2.05) is 54.6 Å². The van der Waals surface area contributed by atoms with Gasteiger partial charge in [0.1, 0.15) is 5.82 Å². The van der Waals surface area contributed by atoms with Crippen LogP contribution in [0.15, 0.2) is 90.7 Å². The third-order valence-electron chi connectivity index (χ3n) is 5.78. The van der Waals surface area contributed by atoms with Crippen LogP contribution in [0.1, 0.15) is 27.2 Å². The van der Waals surface area contributed by atoms with Crippen LogP contribution in [0.25, 0.3) is 22.6 Å². The monoisotopic (exact) mass is 395 g/mol. The van der Waals surface area contributed by atoms with Gasteiger partial charge in [0.15, 0.2) is 5.82 Å². The van der Waals surface area contributed by atoms with Crippen molar-refractivity contribution in [3.05, 3.63) is 90.7 Å². The summed E-state index contributed by atoms with van der Waals surface area (Å²) in [5, 5.41) is 3.55. The molecule has 3 aromatic rings. The van der Waals surface area contributed by atoms with E-state index in [1.54, 1.807) is 0 Å². The van der Waals surface area contributed by atoms with Crippen LogP contribution in [0.5, 0.6) is 0 Å². The predicted octanol–water partition coefficient (Wildman–Crippen LogP) is 6.97. The molecule has 1 heterocycles. The largest absolute Gasteiger partial charge is 0.340 e. The van der Waals surface area contributed by atoms with E-state index in [2.05, 4.69) is 56.4 Å². The third-order valence-corrected chi connectivity index (χ3v) is 5.78. The number of hydrogen-bond acceptors (Lipinski definition) is 3. The second-order valence-electron chi connectivity index (χ2n) is 8.35. The SMILES string of the molecule is CC(C)[C@H]1CC=CC(Nc2cc(-c3ccccc3)nc(-c3ccccc3)n2)=CC1C. The van der Waals surface area contributed by atoms with Gasteiger partial charge in [0.05, 0.1) is 5.69 Å². The van der Waals surface area contributed by atoms with Crippen molar-refractivity contribution in [1.29, 1.82) is 0 Å². The van der Waals surface area contributed by atoms with Crippen molar-refractivity contribution in [2.75, 3.05) is 5.32 Å². The quantitative estimate of drug-likeness (QED) is 0.506. The van der Waals surface area contributed by atoms with Crippen molar-refractivity contribution in [1.82, 2.24) is 9.97 Å². The van der Waals surface area contributed by atoms with E-state index in [4.69, 9.17) is 9.97 Å². The average molecular weight is 396 g/mol. The molecule has 30 heavy (non-hydrogen) atoms. The number of hydrogen-bond donors (Lipinski definition) is 1. The normalized spacial score (nSPS) is 18.7. The zero-order valence-electron chi connectivity index (χ0n) is 17.9. The molecule has 0 fully saturated rings. The molecule has 0 spiro atoms. The number of nitrogens with one attached hydrogen (secondary N) is 1. The summed E-state index contributed by atoms with van der Waals surface area (Å²) >= 11 is 0. The number of allylic oxidation sites excluding steroid dienone is 3. The summed E-state index contributed by atoms with van der Waals surface area (Å²) in [4.78, 5) is 9.68. The zero-order chi connectivity index (χ0) is 20.9. The van der Waals surface area contributed by atoms with Crippen molar-refractivity contribution < 1.29 is 0 Å². The lowest BCUT2D eigenvalue weighted by Crippen LogP contribution is -2.15. The molecule has 1 N–H and O–H groups in total. The van der Waals surface area contributed by atoms with Crippen LogP contribution in [-0.2, 0) is 0 Å². The second kappa shape index (κ2) is 9.08. The minimum Gasteiger partial charge on any atom is -0.340 e. The second-order valence-corrected chi connectivity index (χ2v) is 8.35. The van der Waals surface area contributed by atoms with E-state index < -0.39 is 0 Å². The van der Waals surface area contributed by atoms with Gasteiger partial charge in [-0.25, -0.2) is 9.97 Å². The van der Waals surface area contributed by atoms with Crippen LogP contribution in [0.3, 0.4) is 0 Å². The average Bonchev–Trinajstić information content (AvgIpc) is 2.95. The van der Waals surface area contributed by atoms with Gasteiger partial charge in [-0.3, -0.25) is 0 Å². The molecule has 0 bridgehead atoms. The molecule has 3 heteroatoms. The first-order valence-electron chi connectivity index (χ1n) is 10.8. The molecule has 0 radical (unpaired) electrons. The molecule has 0 saturated heterocycles. The zero-order valence-corrected chi connectivity index (χ0v) is 17.9. The van der Waals surface area contributed by atoms with Gasteiger partial charge in [0, 0.05) is 22.9 Å². The maximum atomic E-state index is 4.85. The topological polar surface area (TPSA) is 37.8 Å². The molecule has 4 rings (SSSR count).